The fourth-order valence-electron chi connectivity index (χ4n) is 1.85. The molecule has 0 radical (unpaired) electrons. The van der Waals surface area contributed by atoms with E-state index < -0.39 is 5.97 Å². The van der Waals surface area contributed by atoms with Gasteiger partial charge in [-0.1, -0.05) is 6.92 Å². The second kappa shape index (κ2) is 5.64. The first-order chi connectivity index (χ1) is 9.60. The molecule has 0 bridgehead atoms. The van der Waals surface area contributed by atoms with Gasteiger partial charge in [0.2, 0.25) is 11.7 Å². The van der Waals surface area contributed by atoms with Gasteiger partial charge in [0.05, 0.1) is 25.5 Å². The third kappa shape index (κ3) is 2.45. The summed E-state index contributed by atoms with van der Waals surface area (Å²) in [5.74, 6) is 0.0868. The largest absolute Gasteiger partial charge is 0.497 e. The third-order valence-corrected chi connectivity index (χ3v) is 2.87. The Morgan fingerprint density at radius 3 is 2.60 bits per heavy atom. The highest BCUT2D eigenvalue weighted by atomic mass is 16.5. The minimum atomic E-state index is -1.13. The van der Waals surface area contributed by atoms with E-state index in [1.165, 1.54) is 7.11 Å². The minimum Gasteiger partial charge on any atom is -0.497 e. The summed E-state index contributed by atoms with van der Waals surface area (Å²) in [6, 6.07) is 5.13. The number of benzene rings is 1. The van der Waals surface area contributed by atoms with E-state index in [4.69, 9.17) is 19.0 Å². The average molecular weight is 277 g/mol. The number of hydrogen-bond donors (Lipinski definition) is 1. The lowest BCUT2D eigenvalue weighted by atomic mass is 10.2. The van der Waals surface area contributed by atoms with Gasteiger partial charge in [0.1, 0.15) is 11.5 Å². The SMILES string of the molecule is CCc1nc(-c2ccc(OC)cc2OC)oc1C(=O)O. The van der Waals surface area contributed by atoms with Crippen LogP contribution >= 0.6 is 0 Å². The van der Waals surface area contributed by atoms with Crippen LogP contribution in [0.4, 0.5) is 0 Å². The van der Waals surface area contributed by atoms with E-state index in [1.54, 1.807) is 25.3 Å². The van der Waals surface area contributed by atoms with Gasteiger partial charge in [-0.15, -0.1) is 0 Å². The predicted molar refractivity (Wildman–Crippen MR) is 71.4 cm³/mol. The maximum Gasteiger partial charge on any atom is 0.373 e. The molecule has 0 aliphatic heterocycles. The van der Waals surface area contributed by atoms with Crippen molar-refractivity contribution in [2.24, 2.45) is 0 Å². The van der Waals surface area contributed by atoms with Gasteiger partial charge in [0.25, 0.3) is 0 Å². The number of aryl methyl sites for hydroxylation is 1. The van der Waals surface area contributed by atoms with Crippen LogP contribution in [0.5, 0.6) is 11.5 Å². The average Bonchev–Trinajstić information content (AvgIpc) is 2.90. The number of nitrogens with zero attached hydrogens (tertiary/aromatic N) is 1. The third-order valence-electron chi connectivity index (χ3n) is 2.87. The standard InChI is InChI=1S/C14H15NO5/c1-4-10-12(14(16)17)20-13(15-10)9-6-5-8(18-2)7-11(9)19-3/h5-7H,4H2,1-3H3,(H,16,17). The number of aromatic nitrogens is 1. The molecule has 6 heteroatoms. The van der Waals surface area contributed by atoms with Gasteiger partial charge in [0, 0.05) is 6.07 Å². The number of hydrogen-bond acceptors (Lipinski definition) is 5. The van der Waals surface area contributed by atoms with E-state index in [0.29, 0.717) is 29.2 Å². The van der Waals surface area contributed by atoms with E-state index >= 15 is 0 Å². The molecule has 0 fully saturated rings. The Morgan fingerprint density at radius 1 is 1.35 bits per heavy atom. The monoisotopic (exact) mass is 277 g/mol. The number of methoxy groups -OCH3 is 2. The van der Waals surface area contributed by atoms with Crippen molar-refractivity contribution in [1.29, 1.82) is 0 Å². The molecule has 0 atom stereocenters. The highest BCUT2D eigenvalue weighted by Gasteiger charge is 2.21. The van der Waals surface area contributed by atoms with Crippen LogP contribution in [-0.4, -0.2) is 30.3 Å². The summed E-state index contributed by atoms with van der Waals surface area (Å²) >= 11 is 0. The smallest absolute Gasteiger partial charge is 0.373 e. The Morgan fingerprint density at radius 2 is 2.10 bits per heavy atom. The topological polar surface area (TPSA) is 81.8 Å². The van der Waals surface area contributed by atoms with Crippen molar-refractivity contribution in [2.45, 2.75) is 13.3 Å². The van der Waals surface area contributed by atoms with Crippen molar-refractivity contribution in [3.05, 3.63) is 29.7 Å². The van der Waals surface area contributed by atoms with Crippen LogP contribution in [0, 0.1) is 0 Å². The van der Waals surface area contributed by atoms with Crippen LogP contribution in [0.25, 0.3) is 11.5 Å². The van der Waals surface area contributed by atoms with E-state index in [-0.39, 0.29) is 11.7 Å². The van der Waals surface area contributed by atoms with Crippen LogP contribution in [0.2, 0.25) is 0 Å². The molecule has 0 spiro atoms. The molecule has 0 saturated carbocycles. The lowest BCUT2D eigenvalue weighted by Gasteiger charge is -2.07. The van der Waals surface area contributed by atoms with Gasteiger partial charge in [0.15, 0.2) is 0 Å². The second-order valence-electron chi connectivity index (χ2n) is 4.02. The zero-order chi connectivity index (χ0) is 14.7. The van der Waals surface area contributed by atoms with Gasteiger partial charge in [-0.3, -0.25) is 0 Å². The Labute approximate surface area is 116 Å². The molecule has 0 aliphatic rings. The molecule has 106 valence electrons. The zero-order valence-corrected chi connectivity index (χ0v) is 11.5. The Balaban J connectivity index is 2.53. The van der Waals surface area contributed by atoms with Crippen molar-refractivity contribution in [3.8, 4) is 23.0 Å². The van der Waals surface area contributed by atoms with Gasteiger partial charge in [-0.05, 0) is 18.6 Å². The zero-order valence-electron chi connectivity index (χ0n) is 11.5. The Hall–Kier alpha value is -2.50. The number of oxazole rings is 1. The van der Waals surface area contributed by atoms with Gasteiger partial charge >= 0.3 is 5.97 Å². The number of carboxylic acid groups (broad SMARTS) is 1. The lowest BCUT2D eigenvalue weighted by molar-refractivity contribution is 0.0662. The summed E-state index contributed by atoms with van der Waals surface area (Å²) in [6.07, 6.45) is 0.476. The molecule has 0 aliphatic carbocycles. The normalized spacial score (nSPS) is 10.3. The van der Waals surface area contributed by atoms with Crippen molar-refractivity contribution >= 4 is 5.97 Å². The number of ether oxygens (including phenoxy) is 2. The Bertz CT molecular complexity index is 632. The molecule has 0 saturated heterocycles. The first-order valence-corrected chi connectivity index (χ1v) is 6.06. The Kier molecular flexibility index (Phi) is 3.93. The molecule has 6 nitrogen and oxygen atoms in total. The highest BCUT2D eigenvalue weighted by Crippen LogP contribution is 2.33. The fraction of sp³-hybridized carbons (Fsp3) is 0.286. The van der Waals surface area contributed by atoms with E-state index in [2.05, 4.69) is 4.98 Å². The lowest BCUT2D eigenvalue weighted by Crippen LogP contribution is -1.98. The van der Waals surface area contributed by atoms with Crippen molar-refractivity contribution < 1.29 is 23.8 Å². The first-order valence-electron chi connectivity index (χ1n) is 6.06. The quantitative estimate of drug-likeness (QED) is 0.904. The van der Waals surface area contributed by atoms with Crippen LogP contribution in [0.15, 0.2) is 22.6 Å². The van der Waals surface area contributed by atoms with E-state index in [9.17, 15) is 4.79 Å². The maximum absolute atomic E-state index is 11.1. The molecule has 1 N–H and O–H groups in total. The van der Waals surface area contributed by atoms with Crippen LogP contribution in [0.1, 0.15) is 23.2 Å². The molecule has 1 heterocycles. The molecule has 20 heavy (non-hydrogen) atoms. The summed E-state index contributed by atoms with van der Waals surface area (Å²) in [5, 5.41) is 9.08. The van der Waals surface area contributed by atoms with Crippen LogP contribution in [-0.2, 0) is 6.42 Å². The molecule has 2 rings (SSSR count). The molecule has 1 aromatic carbocycles. The first kappa shape index (κ1) is 13.9. The molecular formula is C14H15NO5. The number of rotatable bonds is 5. The highest BCUT2D eigenvalue weighted by molar-refractivity contribution is 5.86. The van der Waals surface area contributed by atoms with Crippen LogP contribution in [0.3, 0.4) is 0 Å². The summed E-state index contributed by atoms with van der Waals surface area (Å²) in [7, 11) is 3.07. The minimum absolute atomic E-state index is 0.139. The van der Waals surface area contributed by atoms with Gasteiger partial charge in [-0.25, -0.2) is 9.78 Å². The molecule has 0 amide bonds. The van der Waals surface area contributed by atoms with Gasteiger partial charge < -0.3 is 19.0 Å². The van der Waals surface area contributed by atoms with Crippen molar-refractivity contribution in [3.63, 3.8) is 0 Å². The summed E-state index contributed by atoms with van der Waals surface area (Å²) in [4.78, 5) is 15.3. The van der Waals surface area contributed by atoms with E-state index in [0.717, 1.165) is 0 Å². The maximum atomic E-state index is 11.1. The number of carbonyl (C=O) groups is 1. The summed E-state index contributed by atoms with van der Waals surface area (Å²) < 4.78 is 15.7. The van der Waals surface area contributed by atoms with Crippen molar-refractivity contribution in [2.75, 3.05) is 14.2 Å². The van der Waals surface area contributed by atoms with Crippen LogP contribution < -0.4 is 9.47 Å². The van der Waals surface area contributed by atoms with E-state index in [1.807, 2.05) is 6.92 Å². The number of carboxylic acids is 1. The second-order valence-corrected chi connectivity index (χ2v) is 4.02. The summed E-state index contributed by atoms with van der Waals surface area (Å²) in [6.45, 7) is 1.82. The fourth-order valence-corrected chi connectivity index (χ4v) is 1.85. The summed E-state index contributed by atoms with van der Waals surface area (Å²) in [5.41, 5.74) is 0.987. The molecule has 1 aromatic heterocycles. The molecule has 2 aromatic rings. The predicted octanol–water partition coefficient (Wildman–Crippen LogP) is 2.62. The molecule has 0 unspecified atom stereocenters. The van der Waals surface area contributed by atoms with Gasteiger partial charge in [-0.2, -0.15) is 0 Å². The molecular weight excluding hydrogens is 262 g/mol. The number of aromatic carboxylic acids is 1. The van der Waals surface area contributed by atoms with Crippen molar-refractivity contribution in [1.82, 2.24) is 4.98 Å².